The van der Waals surface area contributed by atoms with Crippen LogP contribution in [0.1, 0.15) is 0 Å². The smallest absolute Gasteiger partial charge is 0.297 e. The Morgan fingerprint density at radius 3 is 2.25 bits per heavy atom. The number of rotatable bonds is 2. The summed E-state index contributed by atoms with van der Waals surface area (Å²) in [6.45, 7) is 0. The van der Waals surface area contributed by atoms with Gasteiger partial charge in [-0.3, -0.25) is 9.69 Å². The quantitative estimate of drug-likeness (QED) is 0.838. The molecule has 4 nitrogen and oxygen atoms in total. The Labute approximate surface area is 113 Å². The summed E-state index contributed by atoms with van der Waals surface area (Å²) in [4.78, 5) is 12.0. The topological polar surface area (TPSA) is 54.5 Å². The monoisotopic (exact) mass is 305 g/mol. The fourth-order valence-electron chi connectivity index (χ4n) is 1.90. The zero-order valence-electron chi connectivity index (χ0n) is 10.0. The molecule has 0 N–H and O–H groups in total. The molecule has 8 heteroatoms. The van der Waals surface area contributed by atoms with Crippen molar-refractivity contribution in [3.05, 3.63) is 41.8 Å². The van der Waals surface area contributed by atoms with Gasteiger partial charge in [-0.25, -0.2) is 8.42 Å². The van der Waals surface area contributed by atoms with Crippen molar-refractivity contribution < 1.29 is 26.4 Å². The van der Waals surface area contributed by atoms with Crippen LogP contribution >= 0.6 is 0 Å². The lowest BCUT2D eigenvalue weighted by Gasteiger charge is -2.28. The molecule has 1 unspecified atom stereocenters. The Bertz CT molecular complexity index is 638. The van der Waals surface area contributed by atoms with Crippen LogP contribution in [0.4, 0.5) is 18.9 Å². The van der Waals surface area contributed by atoms with Crippen LogP contribution in [-0.4, -0.2) is 32.3 Å². The first-order valence-electron chi connectivity index (χ1n) is 5.57. The van der Waals surface area contributed by atoms with E-state index in [9.17, 15) is 26.4 Å². The van der Waals surface area contributed by atoms with E-state index in [4.69, 9.17) is 0 Å². The van der Waals surface area contributed by atoms with Gasteiger partial charge in [-0.1, -0.05) is 18.2 Å². The molecule has 0 radical (unpaired) electrons. The summed E-state index contributed by atoms with van der Waals surface area (Å²) in [5, 5.41) is 0.831. The minimum atomic E-state index is -5.07. The number of hydrogen-bond acceptors (Lipinski definition) is 3. The summed E-state index contributed by atoms with van der Waals surface area (Å²) >= 11 is 0. The first kappa shape index (κ1) is 14.6. The van der Waals surface area contributed by atoms with Crippen LogP contribution in [0, 0.1) is 0 Å². The van der Waals surface area contributed by atoms with Crippen molar-refractivity contribution in [2.24, 2.45) is 0 Å². The predicted octanol–water partition coefficient (Wildman–Crippen LogP) is 1.89. The largest absolute Gasteiger partial charge is 0.471 e. The van der Waals surface area contributed by atoms with Gasteiger partial charge >= 0.3 is 12.1 Å². The number of halogens is 3. The minimum Gasteiger partial charge on any atom is -0.297 e. The Morgan fingerprint density at radius 1 is 1.20 bits per heavy atom. The van der Waals surface area contributed by atoms with E-state index < -0.39 is 33.7 Å². The van der Waals surface area contributed by atoms with E-state index in [-0.39, 0.29) is 5.69 Å². The highest BCUT2D eigenvalue weighted by Gasteiger charge is 2.46. The number of hydrogen-bond donors (Lipinski definition) is 0. The number of anilines is 1. The van der Waals surface area contributed by atoms with Crippen LogP contribution in [0.25, 0.3) is 0 Å². The average molecular weight is 305 g/mol. The summed E-state index contributed by atoms with van der Waals surface area (Å²) in [7, 11) is -3.57. The molecular formula is C12H10F3NO3S. The highest BCUT2D eigenvalue weighted by molar-refractivity contribution is 7.94. The zero-order valence-corrected chi connectivity index (χ0v) is 10.9. The SMILES string of the molecule is O=C(N(c1ccccc1)C1C=CS(=O)(=O)C1)C(F)(F)F. The summed E-state index contributed by atoms with van der Waals surface area (Å²) in [5.41, 5.74) is 0.00146. The molecule has 0 fully saturated rings. The molecule has 0 bridgehead atoms. The second-order valence-corrected chi connectivity index (χ2v) is 6.17. The molecule has 1 aliphatic heterocycles. The van der Waals surface area contributed by atoms with Crippen LogP contribution in [0.2, 0.25) is 0 Å². The maximum absolute atomic E-state index is 12.7. The first-order valence-corrected chi connectivity index (χ1v) is 7.29. The Kier molecular flexibility index (Phi) is 3.59. The van der Waals surface area contributed by atoms with E-state index in [1.165, 1.54) is 24.3 Å². The van der Waals surface area contributed by atoms with E-state index in [2.05, 4.69) is 0 Å². The molecule has 0 aliphatic carbocycles. The third-order valence-corrected chi connectivity index (χ3v) is 4.12. The molecule has 0 spiro atoms. The highest BCUT2D eigenvalue weighted by Crippen LogP contribution is 2.28. The Balaban J connectivity index is 2.42. The van der Waals surface area contributed by atoms with Crippen molar-refractivity contribution >= 4 is 21.4 Å². The van der Waals surface area contributed by atoms with Crippen LogP contribution in [0.15, 0.2) is 41.8 Å². The van der Waals surface area contributed by atoms with Crippen LogP contribution in [0.5, 0.6) is 0 Å². The molecule has 1 heterocycles. The van der Waals surface area contributed by atoms with Gasteiger partial charge in [-0.15, -0.1) is 0 Å². The van der Waals surface area contributed by atoms with Gasteiger partial charge in [-0.2, -0.15) is 13.2 Å². The standard InChI is InChI=1S/C12H10F3NO3S/c13-12(14,15)11(17)16(9-4-2-1-3-5-9)10-6-7-20(18,19)8-10/h1-7,10H,8H2. The maximum Gasteiger partial charge on any atom is 0.471 e. The molecule has 1 aliphatic rings. The van der Waals surface area contributed by atoms with Gasteiger partial charge in [0.2, 0.25) is 0 Å². The predicted molar refractivity (Wildman–Crippen MR) is 66.7 cm³/mol. The van der Waals surface area contributed by atoms with Gasteiger partial charge in [0, 0.05) is 11.1 Å². The van der Waals surface area contributed by atoms with E-state index in [1.54, 1.807) is 6.07 Å². The molecule has 2 rings (SSSR count). The summed E-state index contributed by atoms with van der Waals surface area (Å²) in [6.07, 6.45) is -3.98. The lowest BCUT2D eigenvalue weighted by Crippen LogP contribution is -2.47. The molecule has 0 saturated carbocycles. The first-order chi connectivity index (χ1) is 9.21. The third-order valence-electron chi connectivity index (χ3n) is 2.74. The van der Waals surface area contributed by atoms with Gasteiger partial charge in [0.15, 0.2) is 9.84 Å². The summed E-state index contributed by atoms with van der Waals surface area (Å²) in [6, 6.07) is 6.01. The van der Waals surface area contributed by atoms with Crippen molar-refractivity contribution in [2.75, 3.05) is 10.7 Å². The second-order valence-electron chi connectivity index (χ2n) is 4.23. The molecule has 1 atom stereocenters. The van der Waals surface area contributed by atoms with Crippen molar-refractivity contribution in [1.82, 2.24) is 0 Å². The van der Waals surface area contributed by atoms with Crippen LogP contribution in [0.3, 0.4) is 0 Å². The molecule has 1 aromatic carbocycles. The van der Waals surface area contributed by atoms with E-state index >= 15 is 0 Å². The third kappa shape index (κ3) is 3.01. The fourth-order valence-corrected chi connectivity index (χ4v) is 3.17. The highest BCUT2D eigenvalue weighted by atomic mass is 32.2. The molecule has 0 saturated heterocycles. The zero-order chi connectivity index (χ0) is 15.0. The van der Waals surface area contributed by atoms with Crippen LogP contribution < -0.4 is 4.90 Å². The van der Waals surface area contributed by atoms with E-state index in [0.29, 0.717) is 4.90 Å². The number of benzene rings is 1. The number of para-hydroxylation sites is 1. The second kappa shape index (κ2) is 4.93. The summed E-state index contributed by atoms with van der Waals surface area (Å²) in [5.74, 6) is -2.64. The lowest BCUT2D eigenvalue weighted by molar-refractivity contribution is -0.170. The normalized spacial score (nSPS) is 20.9. The van der Waals surface area contributed by atoms with Crippen molar-refractivity contribution in [3.63, 3.8) is 0 Å². The maximum atomic E-state index is 12.7. The average Bonchev–Trinajstić information content (AvgIpc) is 2.70. The molecule has 0 aromatic heterocycles. The van der Waals surface area contributed by atoms with Crippen molar-refractivity contribution in [3.8, 4) is 0 Å². The number of carbonyl (C=O) groups is 1. The Hall–Kier alpha value is -1.83. The number of alkyl halides is 3. The van der Waals surface area contributed by atoms with Gasteiger partial charge in [-0.05, 0) is 18.2 Å². The molecule has 108 valence electrons. The van der Waals surface area contributed by atoms with E-state index in [1.807, 2.05) is 0 Å². The van der Waals surface area contributed by atoms with Gasteiger partial charge < -0.3 is 0 Å². The summed E-state index contributed by atoms with van der Waals surface area (Å²) < 4.78 is 60.7. The number of amides is 1. The minimum absolute atomic E-state index is 0.00146. The molecule has 20 heavy (non-hydrogen) atoms. The lowest BCUT2D eigenvalue weighted by atomic mass is 10.2. The van der Waals surface area contributed by atoms with E-state index in [0.717, 1.165) is 11.5 Å². The number of nitrogens with zero attached hydrogens (tertiary/aromatic N) is 1. The van der Waals surface area contributed by atoms with Gasteiger partial charge in [0.05, 0.1) is 11.8 Å². The van der Waals surface area contributed by atoms with Gasteiger partial charge in [0.1, 0.15) is 0 Å². The molecule has 1 amide bonds. The fraction of sp³-hybridized carbons (Fsp3) is 0.250. The molecule has 1 aromatic rings. The van der Waals surface area contributed by atoms with Crippen molar-refractivity contribution in [1.29, 1.82) is 0 Å². The number of sulfone groups is 1. The Morgan fingerprint density at radius 2 is 1.80 bits per heavy atom. The van der Waals surface area contributed by atoms with Gasteiger partial charge in [0.25, 0.3) is 0 Å². The number of carbonyl (C=O) groups excluding carboxylic acids is 1. The van der Waals surface area contributed by atoms with Crippen LogP contribution in [-0.2, 0) is 14.6 Å². The van der Waals surface area contributed by atoms with Crippen molar-refractivity contribution in [2.45, 2.75) is 12.2 Å². The molecular weight excluding hydrogens is 295 g/mol.